The van der Waals surface area contributed by atoms with Crippen LogP contribution in [0.15, 0.2) is 11.6 Å². The van der Waals surface area contributed by atoms with Crippen LogP contribution >= 0.6 is 0 Å². The topological polar surface area (TPSA) is 101 Å². The highest BCUT2D eigenvalue weighted by Gasteiger charge is 2.70. The van der Waals surface area contributed by atoms with Crippen molar-refractivity contribution in [2.75, 3.05) is 13.2 Å². The van der Waals surface area contributed by atoms with E-state index in [0.717, 1.165) is 44.9 Å². The largest absolute Gasteiger partial charge is 0.396 e. The number of aliphatic hydroxyl groups is 5. The summed E-state index contributed by atoms with van der Waals surface area (Å²) in [5, 5.41) is 54.6. The van der Waals surface area contributed by atoms with E-state index < -0.39 is 17.6 Å². The first-order valence-electron chi connectivity index (χ1n) is 13.7. The molecule has 34 heavy (non-hydrogen) atoms. The lowest BCUT2D eigenvalue weighted by atomic mass is 9.34. The zero-order chi connectivity index (χ0) is 24.9. The summed E-state index contributed by atoms with van der Waals surface area (Å²) < 4.78 is 0. The Bertz CT molecular complexity index is 863. The molecule has 5 rings (SSSR count). The molecule has 0 unspecified atom stereocenters. The van der Waals surface area contributed by atoms with Gasteiger partial charge in [-0.15, -0.1) is 0 Å². The molecule has 0 radical (unpaired) electrons. The predicted octanol–water partition coefficient (Wildman–Crippen LogP) is 3.81. The summed E-state index contributed by atoms with van der Waals surface area (Å²) in [6.45, 7) is 11.1. The fourth-order valence-electron chi connectivity index (χ4n) is 10.7. The van der Waals surface area contributed by atoms with Crippen LogP contribution in [0.1, 0.15) is 92.4 Å². The second kappa shape index (κ2) is 7.54. The average molecular weight is 477 g/mol. The van der Waals surface area contributed by atoms with Gasteiger partial charge in [0.2, 0.25) is 0 Å². The molecule has 0 saturated heterocycles. The SMILES string of the molecule is CC1(C)CC[C@@]2(CC[C@]3(C)C(=CC[C@@H]4[C@@]5(C)C[C@@H](O)[C@H](O)C(CO)(CO)[C@@H]5CC[C@]43C)[C@H]2O)C1. The van der Waals surface area contributed by atoms with Crippen molar-refractivity contribution < 1.29 is 25.5 Å². The fraction of sp³-hybridized carbons (Fsp3) is 0.931. The molecule has 5 aliphatic carbocycles. The third-order valence-corrected chi connectivity index (χ3v) is 12.8. The molecule has 5 heteroatoms. The van der Waals surface area contributed by atoms with Gasteiger partial charge in [-0.2, -0.15) is 0 Å². The number of allylic oxidation sites excluding steroid dienone is 1. The van der Waals surface area contributed by atoms with E-state index in [2.05, 4.69) is 40.7 Å². The molecule has 5 aliphatic rings. The summed E-state index contributed by atoms with van der Waals surface area (Å²) in [5.41, 5.74) is 0.0129. The second-order valence-electron chi connectivity index (χ2n) is 14.7. The van der Waals surface area contributed by atoms with Gasteiger partial charge in [0.1, 0.15) is 0 Å². The molecule has 5 N–H and O–H groups in total. The van der Waals surface area contributed by atoms with Crippen LogP contribution in [0.25, 0.3) is 0 Å². The van der Waals surface area contributed by atoms with Gasteiger partial charge in [0.25, 0.3) is 0 Å². The normalized spacial score (nSPS) is 53.6. The Morgan fingerprint density at radius 2 is 1.50 bits per heavy atom. The molecule has 0 heterocycles. The highest BCUT2D eigenvalue weighted by atomic mass is 16.3. The first-order chi connectivity index (χ1) is 15.8. The van der Waals surface area contributed by atoms with Crippen molar-refractivity contribution in [2.45, 2.75) is 111 Å². The highest BCUT2D eigenvalue weighted by Crippen LogP contribution is 2.74. The maximum absolute atomic E-state index is 11.9. The number of hydrogen-bond donors (Lipinski definition) is 5. The molecule has 5 nitrogen and oxygen atoms in total. The molecule has 0 aromatic heterocycles. The summed E-state index contributed by atoms with van der Waals surface area (Å²) in [4.78, 5) is 0. The van der Waals surface area contributed by atoms with Crippen LogP contribution in [0.2, 0.25) is 0 Å². The van der Waals surface area contributed by atoms with Gasteiger partial charge in [-0.05, 0) is 96.9 Å². The summed E-state index contributed by atoms with van der Waals surface area (Å²) in [5.74, 6) is 0.203. The van der Waals surface area contributed by atoms with Gasteiger partial charge in [0.15, 0.2) is 0 Å². The Labute approximate surface area is 205 Å². The maximum atomic E-state index is 11.9. The van der Waals surface area contributed by atoms with Crippen molar-refractivity contribution in [1.82, 2.24) is 0 Å². The average Bonchev–Trinajstić information content (AvgIpc) is 3.09. The number of aliphatic hydroxyl groups excluding tert-OH is 5. The Morgan fingerprint density at radius 1 is 0.853 bits per heavy atom. The number of fused-ring (bicyclic) bond motifs is 5. The first-order valence-corrected chi connectivity index (χ1v) is 13.7. The van der Waals surface area contributed by atoms with E-state index in [0.29, 0.717) is 11.8 Å². The van der Waals surface area contributed by atoms with Crippen LogP contribution in [0.5, 0.6) is 0 Å². The molecule has 0 amide bonds. The number of hydrogen-bond acceptors (Lipinski definition) is 5. The summed E-state index contributed by atoms with van der Waals surface area (Å²) >= 11 is 0. The third kappa shape index (κ3) is 2.91. The monoisotopic (exact) mass is 476 g/mol. The Balaban J connectivity index is 1.56. The van der Waals surface area contributed by atoms with Crippen molar-refractivity contribution in [3.8, 4) is 0 Å². The minimum Gasteiger partial charge on any atom is -0.396 e. The molecular formula is C29H48O5. The van der Waals surface area contributed by atoms with E-state index in [4.69, 9.17) is 0 Å². The van der Waals surface area contributed by atoms with Crippen molar-refractivity contribution in [1.29, 1.82) is 0 Å². The summed E-state index contributed by atoms with van der Waals surface area (Å²) in [7, 11) is 0. The van der Waals surface area contributed by atoms with Crippen LogP contribution < -0.4 is 0 Å². The van der Waals surface area contributed by atoms with Crippen molar-refractivity contribution in [2.24, 2.45) is 44.3 Å². The Hall–Kier alpha value is -0.460. The van der Waals surface area contributed by atoms with Crippen molar-refractivity contribution in [3.05, 3.63) is 11.6 Å². The molecule has 9 atom stereocenters. The van der Waals surface area contributed by atoms with Gasteiger partial charge in [-0.3, -0.25) is 0 Å². The minimum absolute atomic E-state index is 0.00716. The van der Waals surface area contributed by atoms with E-state index in [1.165, 1.54) is 12.0 Å². The van der Waals surface area contributed by atoms with Crippen molar-refractivity contribution >= 4 is 0 Å². The lowest BCUT2D eigenvalue weighted by Crippen LogP contribution is -2.69. The van der Waals surface area contributed by atoms with E-state index in [9.17, 15) is 25.5 Å². The molecule has 4 fully saturated rings. The molecule has 0 aromatic rings. The van der Waals surface area contributed by atoms with Gasteiger partial charge in [-0.1, -0.05) is 40.7 Å². The molecule has 4 saturated carbocycles. The van der Waals surface area contributed by atoms with E-state index in [1.807, 2.05) is 0 Å². The number of rotatable bonds is 2. The molecular weight excluding hydrogens is 428 g/mol. The van der Waals surface area contributed by atoms with E-state index >= 15 is 0 Å². The van der Waals surface area contributed by atoms with Crippen LogP contribution in [0.3, 0.4) is 0 Å². The van der Waals surface area contributed by atoms with Crippen molar-refractivity contribution in [3.63, 3.8) is 0 Å². The smallest absolute Gasteiger partial charge is 0.0902 e. The molecule has 1 spiro atoms. The lowest BCUT2D eigenvalue weighted by Gasteiger charge is -2.71. The van der Waals surface area contributed by atoms with Gasteiger partial charge in [-0.25, -0.2) is 0 Å². The summed E-state index contributed by atoms with van der Waals surface area (Å²) in [6, 6.07) is 0. The van der Waals surface area contributed by atoms with Crippen LogP contribution in [-0.2, 0) is 0 Å². The van der Waals surface area contributed by atoms with Gasteiger partial charge >= 0.3 is 0 Å². The third-order valence-electron chi connectivity index (χ3n) is 12.8. The fourth-order valence-corrected chi connectivity index (χ4v) is 10.7. The molecule has 194 valence electrons. The highest BCUT2D eigenvalue weighted by molar-refractivity contribution is 5.34. The standard InChI is InChI=1S/C29H48O5/c1-24(2)10-12-28(15-24)13-11-26(4)18(22(28)33)6-7-20-25(3)14-19(32)23(34)29(16-30,17-31)21(25)8-9-27(20,26)5/h6,19-23,30-34H,7-17H2,1-5H3/t19-,20-,21-,22-,23+,25-,26-,27-,28-/m1/s1. The molecule has 0 aliphatic heterocycles. The van der Waals surface area contributed by atoms with Crippen LogP contribution in [0.4, 0.5) is 0 Å². The zero-order valence-corrected chi connectivity index (χ0v) is 22.0. The first kappa shape index (κ1) is 25.2. The van der Waals surface area contributed by atoms with Crippen LogP contribution in [0, 0.1) is 44.3 Å². The maximum Gasteiger partial charge on any atom is 0.0902 e. The van der Waals surface area contributed by atoms with E-state index in [-0.39, 0.29) is 52.8 Å². The van der Waals surface area contributed by atoms with Crippen LogP contribution in [-0.4, -0.2) is 57.1 Å². The van der Waals surface area contributed by atoms with Gasteiger partial charge in [0.05, 0.1) is 31.5 Å². The minimum atomic E-state index is -1.11. The second-order valence-corrected chi connectivity index (χ2v) is 14.7. The predicted molar refractivity (Wildman–Crippen MR) is 132 cm³/mol. The van der Waals surface area contributed by atoms with Gasteiger partial charge < -0.3 is 25.5 Å². The zero-order valence-electron chi connectivity index (χ0n) is 22.0. The molecule has 0 aromatic carbocycles. The molecule has 0 bridgehead atoms. The summed E-state index contributed by atoms with van der Waals surface area (Å²) in [6.07, 6.45) is 8.49. The quantitative estimate of drug-likeness (QED) is 0.390. The van der Waals surface area contributed by atoms with E-state index in [1.54, 1.807) is 0 Å². The lowest BCUT2D eigenvalue weighted by molar-refractivity contribution is -0.257. The Kier molecular flexibility index (Phi) is 5.59. The van der Waals surface area contributed by atoms with Gasteiger partial charge in [0, 0.05) is 10.8 Å². The Morgan fingerprint density at radius 3 is 2.09 bits per heavy atom.